The normalized spacial score (nSPS) is 10.1. The Labute approximate surface area is 103 Å². The van der Waals surface area contributed by atoms with Crippen LogP contribution in [0.5, 0.6) is 0 Å². The molecule has 0 aliphatic heterocycles. The smallest absolute Gasteiger partial charge is 0.241 e. The van der Waals surface area contributed by atoms with Crippen molar-refractivity contribution in [2.24, 2.45) is 5.73 Å². The molecule has 1 aromatic carbocycles. The van der Waals surface area contributed by atoms with E-state index in [1.54, 1.807) is 4.90 Å². The topological polar surface area (TPSA) is 49.6 Å². The summed E-state index contributed by atoms with van der Waals surface area (Å²) in [7, 11) is 3.73. The number of benzene rings is 1. The first kappa shape index (κ1) is 13.5. The summed E-state index contributed by atoms with van der Waals surface area (Å²) in [6.45, 7) is 3.64. The molecule has 0 aromatic heterocycles. The summed E-state index contributed by atoms with van der Waals surface area (Å²) in [5, 5.41) is 0. The van der Waals surface area contributed by atoms with E-state index in [1.165, 1.54) is 0 Å². The van der Waals surface area contributed by atoms with E-state index in [1.807, 2.05) is 50.2 Å². The highest BCUT2D eigenvalue weighted by Gasteiger charge is 2.10. The van der Waals surface area contributed by atoms with Crippen molar-refractivity contribution in [3.8, 4) is 0 Å². The van der Waals surface area contributed by atoms with E-state index in [4.69, 9.17) is 5.73 Å². The Bertz CT molecular complexity index is 361. The number of hydrogen-bond acceptors (Lipinski definition) is 3. The number of amides is 1. The van der Waals surface area contributed by atoms with E-state index < -0.39 is 0 Å². The molecule has 17 heavy (non-hydrogen) atoms. The molecule has 0 spiro atoms. The number of nitrogens with two attached hydrogens (primary N) is 1. The van der Waals surface area contributed by atoms with Crippen molar-refractivity contribution in [2.45, 2.75) is 13.5 Å². The SMILES string of the molecule is CCN(C)C(=O)CN(C)c1ccc(CN)cc1. The van der Waals surface area contributed by atoms with Crippen LogP contribution in [0.15, 0.2) is 24.3 Å². The fourth-order valence-corrected chi connectivity index (χ4v) is 1.48. The molecule has 94 valence electrons. The third-order valence-electron chi connectivity index (χ3n) is 2.89. The minimum atomic E-state index is 0.123. The number of anilines is 1. The first-order valence-corrected chi connectivity index (χ1v) is 5.82. The zero-order chi connectivity index (χ0) is 12.8. The molecular weight excluding hydrogens is 214 g/mol. The Kier molecular flexibility index (Phi) is 4.97. The van der Waals surface area contributed by atoms with Gasteiger partial charge >= 0.3 is 0 Å². The highest BCUT2D eigenvalue weighted by atomic mass is 16.2. The molecule has 2 N–H and O–H groups in total. The van der Waals surface area contributed by atoms with Crippen LogP contribution >= 0.6 is 0 Å². The molecule has 0 bridgehead atoms. The largest absolute Gasteiger partial charge is 0.365 e. The monoisotopic (exact) mass is 235 g/mol. The summed E-state index contributed by atoms with van der Waals surface area (Å²) in [5.74, 6) is 0.123. The molecule has 1 amide bonds. The standard InChI is InChI=1S/C13H21N3O/c1-4-15(2)13(17)10-16(3)12-7-5-11(9-14)6-8-12/h5-8H,4,9-10,14H2,1-3H3. The number of nitrogens with zero attached hydrogens (tertiary/aromatic N) is 2. The highest BCUT2D eigenvalue weighted by molar-refractivity contribution is 5.81. The molecule has 0 saturated carbocycles. The molecule has 0 heterocycles. The van der Waals surface area contributed by atoms with Gasteiger partial charge in [-0.1, -0.05) is 12.1 Å². The van der Waals surface area contributed by atoms with Crippen molar-refractivity contribution in [1.29, 1.82) is 0 Å². The quantitative estimate of drug-likeness (QED) is 0.830. The van der Waals surface area contributed by atoms with Gasteiger partial charge in [-0.25, -0.2) is 0 Å². The third-order valence-corrected chi connectivity index (χ3v) is 2.89. The fraction of sp³-hybridized carbons (Fsp3) is 0.462. The zero-order valence-electron chi connectivity index (χ0n) is 10.8. The Morgan fingerprint density at radius 1 is 1.24 bits per heavy atom. The van der Waals surface area contributed by atoms with Gasteiger partial charge in [-0.05, 0) is 24.6 Å². The summed E-state index contributed by atoms with van der Waals surface area (Å²) >= 11 is 0. The van der Waals surface area contributed by atoms with Crippen LogP contribution in [-0.4, -0.2) is 38.0 Å². The fourth-order valence-electron chi connectivity index (χ4n) is 1.48. The second kappa shape index (κ2) is 6.25. The third kappa shape index (κ3) is 3.75. The first-order valence-electron chi connectivity index (χ1n) is 5.82. The van der Waals surface area contributed by atoms with Crippen LogP contribution in [0.4, 0.5) is 5.69 Å². The molecule has 0 aliphatic carbocycles. The van der Waals surface area contributed by atoms with Gasteiger partial charge in [-0.15, -0.1) is 0 Å². The van der Waals surface area contributed by atoms with Gasteiger partial charge in [0.15, 0.2) is 0 Å². The number of hydrogen-bond donors (Lipinski definition) is 1. The van der Waals surface area contributed by atoms with E-state index in [9.17, 15) is 4.79 Å². The van der Waals surface area contributed by atoms with Gasteiger partial charge in [0.25, 0.3) is 0 Å². The summed E-state index contributed by atoms with van der Waals surface area (Å²) in [4.78, 5) is 15.4. The maximum Gasteiger partial charge on any atom is 0.241 e. The van der Waals surface area contributed by atoms with Crippen LogP contribution in [0.25, 0.3) is 0 Å². The van der Waals surface area contributed by atoms with E-state index in [0.717, 1.165) is 17.8 Å². The predicted octanol–water partition coefficient (Wildman–Crippen LogP) is 1.06. The lowest BCUT2D eigenvalue weighted by Crippen LogP contribution is -2.36. The van der Waals surface area contributed by atoms with Crippen LogP contribution in [0.2, 0.25) is 0 Å². The van der Waals surface area contributed by atoms with Gasteiger partial charge in [0, 0.05) is 32.9 Å². The molecule has 0 fully saturated rings. The number of carbonyl (C=O) groups excluding carboxylic acids is 1. The second-order valence-corrected chi connectivity index (χ2v) is 4.13. The van der Waals surface area contributed by atoms with Gasteiger partial charge < -0.3 is 15.5 Å². The zero-order valence-corrected chi connectivity index (χ0v) is 10.8. The Morgan fingerprint density at radius 2 is 1.82 bits per heavy atom. The van der Waals surface area contributed by atoms with Crippen molar-refractivity contribution in [2.75, 3.05) is 32.1 Å². The van der Waals surface area contributed by atoms with Crippen LogP contribution in [-0.2, 0) is 11.3 Å². The van der Waals surface area contributed by atoms with Crippen molar-refractivity contribution in [1.82, 2.24) is 4.90 Å². The molecule has 4 nitrogen and oxygen atoms in total. The lowest BCUT2D eigenvalue weighted by atomic mass is 10.2. The van der Waals surface area contributed by atoms with Crippen molar-refractivity contribution >= 4 is 11.6 Å². The van der Waals surface area contributed by atoms with Gasteiger partial charge in [0.2, 0.25) is 5.91 Å². The van der Waals surface area contributed by atoms with Gasteiger partial charge in [-0.3, -0.25) is 4.79 Å². The van der Waals surface area contributed by atoms with Gasteiger partial charge in [0.05, 0.1) is 6.54 Å². The predicted molar refractivity (Wildman–Crippen MR) is 70.9 cm³/mol. The van der Waals surface area contributed by atoms with Crippen LogP contribution in [0.1, 0.15) is 12.5 Å². The Morgan fingerprint density at radius 3 is 2.29 bits per heavy atom. The van der Waals surface area contributed by atoms with Gasteiger partial charge in [0.1, 0.15) is 0 Å². The van der Waals surface area contributed by atoms with Crippen molar-refractivity contribution < 1.29 is 4.79 Å². The average molecular weight is 235 g/mol. The van der Waals surface area contributed by atoms with E-state index >= 15 is 0 Å². The molecule has 0 aliphatic rings. The molecule has 0 unspecified atom stereocenters. The molecule has 1 rings (SSSR count). The van der Waals surface area contributed by atoms with E-state index in [0.29, 0.717) is 13.1 Å². The molecule has 0 radical (unpaired) electrons. The summed E-state index contributed by atoms with van der Waals surface area (Å²) in [6.07, 6.45) is 0. The Balaban J connectivity index is 2.63. The molecule has 0 atom stereocenters. The number of rotatable bonds is 5. The molecular formula is C13H21N3O. The second-order valence-electron chi connectivity index (χ2n) is 4.13. The maximum absolute atomic E-state index is 11.7. The Hall–Kier alpha value is -1.55. The number of likely N-dealkylation sites (N-methyl/N-ethyl adjacent to an activating group) is 2. The molecule has 0 saturated heterocycles. The van der Waals surface area contributed by atoms with Crippen LogP contribution in [0.3, 0.4) is 0 Å². The lowest BCUT2D eigenvalue weighted by molar-refractivity contribution is -0.128. The minimum absolute atomic E-state index is 0.123. The summed E-state index contributed by atoms with van der Waals surface area (Å²) in [5.41, 5.74) is 7.66. The van der Waals surface area contributed by atoms with Crippen LogP contribution < -0.4 is 10.6 Å². The van der Waals surface area contributed by atoms with E-state index in [2.05, 4.69) is 0 Å². The molecule has 1 aromatic rings. The van der Waals surface area contributed by atoms with Crippen LogP contribution in [0, 0.1) is 0 Å². The molecule has 4 heteroatoms. The maximum atomic E-state index is 11.7. The summed E-state index contributed by atoms with van der Waals surface area (Å²) < 4.78 is 0. The van der Waals surface area contributed by atoms with Crippen molar-refractivity contribution in [3.05, 3.63) is 29.8 Å². The minimum Gasteiger partial charge on any atom is -0.365 e. The first-order chi connectivity index (χ1) is 8.08. The summed E-state index contributed by atoms with van der Waals surface area (Å²) in [6, 6.07) is 7.95. The lowest BCUT2D eigenvalue weighted by Gasteiger charge is -2.22. The van der Waals surface area contributed by atoms with Gasteiger partial charge in [-0.2, -0.15) is 0 Å². The highest BCUT2D eigenvalue weighted by Crippen LogP contribution is 2.13. The van der Waals surface area contributed by atoms with Crippen molar-refractivity contribution in [3.63, 3.8) is 0 Å². The van der Waals surface area contributed by atoms with E-state index in [-0.39, 0.29) is 5.91 Å². The average Bonchev–Trinajstić information content (AvgIpc) is 2.37. The number of carbonyl (C=O) groups is 1.